The Hall–Kier alpha value is -3.94. The predicted octanol–water partition coefficient (Wildman–Crippen LogP) is 5.08. The Morgan fingerprint density at radius 1 is 1.14 bits per heavy atom. The Morgan fingerprint density at radius 2 is 1.83 bits per heavy atom. The number of nitrogens with zero attached hydrogens (tertiary/aromatic N) is 2. The van der Waals surface area contributed by atoms with Crippen molar-refractivity contribution in [3.63, 3.8) is 0 Å². The van der Waals surface area contributed by atoms with Crippen LogP contribution in [0.3, 0.4) is 0 Å². The van der Waals surface area contributed by atoms with Crippen LogP contribution in [0.4, 0.5) is 20.6 Å². The summed E-state index contributed by atoms with van der Waals surface area (Å²) < 4.78 is 13.1. The first kappa shape index (κ1) is 25.2. The van der Waals surface area contributed by atoms with Crippen molar-refractivity contribution in [1.29, 1.82) is 0 Å². The van der Waals surface area contributed by atoms with Crippen molar-refractivity contribution < 1.29 is 18.8 Å². The fraction of sp³-hybridized carbons (Fsp3) is 0.321. The summed E-state index contributed by atoms with van der Waals surface area (Å²) in [5.74, 6) is -1.56. The summed E-state index contributed by atoms with van der Waals surface area (Å²) in [6.07, 6.45) is 4.93. The Balaban J connectivity index is 1.57. The average molecular weight is 491 g/mol. The molecule has 2 aliphatic heterocycles. The fourth-order valence-corrected chi connectivity index (χ4v) is 4.78. The van der Waals surface area contributed by atoms with Crippen LogP contribution in [-0.2, 0) is 9.59 Å². The van der Waals surface area contributed by atoms with Gasteiger partial charge in [0.25, 0.3) is 5.91 Å². The first-order valence-corrected chi connectivity index (χ1v) is 12.0. The summed E-state index contributed by atoms with van der Waals surface area (Å²) in [6, 6.07) is 8.75. The second-order valence-electron chi connectivity index (χ2n) is 9.79. The Morgan fingerprint density at radius 3 is 2.50 bits per heavy atom. The lowest BCUT2D eigenvalue weighted by Gasteiger charge is -2.43. The number of anilines is 2. The zero-order valence-corrected chi connectivity index (χ0v) is 21.2. The number of allylic oxidation sites excluding steroid dienone is 1. The lowest BCUT2D eigenvalue weighted by molar-refractivity contribution is -0.127. The van der Waals surface area contributed by atoms with Crippen molar-refractivity contribution in [3.05, 3.63) is 70.7 Å². The van der Waals surface area contributed by atoms with E-state index in [0.717, 1.165) is 45.8 Å². The molecular formula is C28H31FN4O3. The minimum absolute atomic E-state index is 0.107. The van der Waals surface area contributed by atoms with Gasteiger partial charge in [0.1, 0.15) is 18.1 Å². The quantitative estimate of drug-likeness (QED) is 0.437. The summed E-state index contributed by atoms with van der Waals surface area (Å²) in [4.78, 5) is 41.1. The standard InChI is InChI=1S/C28H31FN4O3/c1-6-11-33-24-12-17(2)19(13-22(24)18(3)15-28(33,4)5)14-23-26(35)32(27(36)31-23)16-25(34)30-21-9-7-20(29)8-10-21/h7-10,12-15H,6,11,16H2,1-5H3,(H,30,34)(H,31,36)/b23-14+. The third-order valence-corrected chi connectivity index (χ3v) is 6.50. The molecule has 0 bridgehead atoms. The Labute approximate surface area is 210 Å². The monoisotopic (exact) mass is 490 g/mol. The van der Waals surface area contributed by atoms with Crippen LogP contribution in [0.1, 0.15) is 50.8 Å². The highest BCUT2D eigenvalue weighted by atomic mass is 19.1. The van der Waals surface area contributed by atoms with Gasteiger partial charge in [0.15, 0.2) is 0 Å². The number of urea groups is 1. The third-order valence-electron chi connectivity index (χ3n) is 6.50. The summed E-state index contributed by atoms with van der Waals surface area (Å²) in [7, 11) is 0. The number of hydrogen-bond acceptors (Lipinski definition) is 4. The van der Waals surface area contributed by atoms with E-state index in [1.807, 2.05) is 13.0 Å². The molecule has 1 fully saturated rings. The van der Waals surface area contributed by atoms with Gasteiger partial charge in [-0.2, -0.15) is 0 Å². The van der Waals surface area contributed by atoms with E-state index in [-0.39, 0.29) is 11.2 Å². The smallest absolute Gasteiger partial charge is 0.329 e. The van der Waals surface area contributed by atoms with E-state index in [1.54, 1.807) is 6.08 Å². The SMILES string of the molecule is CCCN1c2cc(C)c(/C=C3/NC(=O)N(CC(=O)Nc4ccc(F)cc4)C3=O)cc2C(C)=CC1(C)C. The topological polar surface area (TPSA) is 81.8 Å². The molecule has 36 heavy (non-hydrogen) atoms. The van der Waals surface area contributed by atoms with Crippen LogP contribution < -0.4 is 15.5 Å². The molecule has 1 saturated heterocycles. The van der Waals surface area contributed by atoms with Crippen LogP contribution >= 0.6 is 0 Å². The number of halogens is 1. The van der Waals surface area contributed by atoms with E-state index in [9.17, 15) is 18.8 Å². The normalized spacial score (nSPS) is 17.7. The molecule has 7 nitrogen and oxygen atoms in total. The number of nitrogens with one attached hydrogen (secondary N) is 2. The molecule has 4 amide bonds. The molecule has 8 heteroatoms. The molecule has 0 saturated carbocycles. The maximum absolute atomic E-state index is 13.1. The molecule has 0 radical (unpaired) electrons. The van der Waals surface area contributed by atoms with E-state index in [0.29, 0.717) is 5.69 Å². The number of rotatable bonds is 6. The largest absolute Gasteiger partial charge is 0.362 e. The maximum Gasteiger partial charge on any atom is 0.329 e. The molecular weight excluding hydrogens is 459 g/mol. The van der Waals surface area contributed by atoms with Gasteiger partial charge >= 0.3 is 6.03 Å². The highest BCUT2D eigenvalue weighted by Crippen LogP contribution is 2.40. The number of imide groups is 1. The van der Waals surface area contributed by atoms with Crippen molar-refractivity contribution in [2.24, 2.45) is 0 Å². The van der Waals surface area contributed by atoms with Gasteiger partial charge in [-0.25, -0.2) is 14.1 Å². The minimum atomic E-state index is -0.664. The molecule has 0 atom stereocenters. The summed E-state index contributed by atoms with van der Waals surface area (Å²) in [5.41, 5.74) is 5.57. The number of carbonyl (C=O) groups is 3. The highest BCUT2D eigenvalue weighted by molar-refractivity contribution is 6.16. The predicted molar refractivity (Wildman–Crippen MR) is 140 cm³/mol. The summed E-state index contributed by atoms with van der Waals surface area (Å²) in [6.45, 7) is 11.1. The zero-order valence-electron chi connectivity index (χ0n) is 21.2. The van der Waals surface area contributed by atoms with Crippen LogP contribution in [0.25, 0.3) is 11.6 Å². The minimum Gasteiger partial charge on any atom is -0.362 e. The molecule has 188 valence electrons. The molecule has 2 aromatic carbocycles. The van der Waals surface area contributed by atoms with Gasteiger partial charge in [0.05, 0.1) is 5.54 Å². The molecule has 2 aromatic rings. The van der Waals surface area contributed by atoms with Gasteiger partial charge in [-0.05, 0) is 93.3 Å². The van der Waals surface area contributed by atoms with Crippen molar-refractivity contribution in [2.75, 3.05) is 23.3 Å². The van der Waals surface area contributed by atoms with Crippen molar-refractivity contribution in [3.8, 4) is 0 Å². The van der Waals surface area contributed by atoms with E-state index in [2.05, 4.69) is 55.4 Å². The molecule has 2 aliphatic rings. The number of fused-ring (bicyclic) bond motifs is 1. The average Bonchev–Trinajstić information content (AvgIpc) is 3.06. The molecule has 2 heterocycles. The van der Waals surface area contributed by atoms with Crippen LogP contribution in [0.2, 0.25) is 0 Å². The second kappa shape index (κ2) is 9.60. The Kier molecular flexibility index (Phi) is 6.71. The summed E-state index contributed by atoms with van der Waals surface area (Å²) >= 11 is 0. The van der Waals surface area contributed by atoms with Gasteiger partial charge in [-0.15, -0.1) is 0 Å². The Bertz CT molecular complexity index is 1290. The number of aryl methyl sites for hydroxylation is 1. The number of hydrogen-bond donors (Lipinski definition) is 2. The molecule has 0 spiro atoms. The molecule has 0 aromatic heterocycles. The van der Waals surface area contributed by atoms with E-state index in [4.69, 9.17) is 0 Å². The first-order valence-electron chi connectivity index (χ1n) is 12.0. The number of amides is 4. The first-order chi connectivity index (χ1) is 17.0. The van der Waals surface area contributed by atoms with Crippen molar-refractivity contribution in [1.82, 2.24) is 10.2 Å². The zero-order chi connectivity index (χ0) is 26.2. The molecule has 0 aliphatic carbocycles. The van der Waals surface area contributed by atoms with E-state index < -0.39 is 30.2 Å². The van der Waals surface area contributed by atoms with Crippen LogP contribution in [-0.4, -0.2) is 41.4 Å². The maximum atomic E-state index is 13.1. The lowest BCUT2D eigenvalue weighted by atomic mass is 9.86. The number of carbonyl (C=O) groups excluding carboxylic acids is 3. The van der Waals surface area contributed by atoms with Gasteiger partial charge in [0.2, 0.25) is 5.91 Å². The second-order valence-corrected chi connectivity index (χ2v) is 9.79. The van der Waals surface area contributed by atoms with E-state index >= 15 is 0 Å². The van der Waals surface area contributed by atoms with Gasteiger partial charge in [0, 0.05) is 23.5 Å². The number of benzene rings is 2. The van der Waals surface area contributed by atoms with Gasteiger partial charge in [-0.1, -0.05) is 13.0 Å². The van der Waals surface area contributed by atoms with Gasteiger partial charge in [-0.3, -0.25) is 9.59 Å². The third kappa shape index (κ3) is 4.89. The van der Waals surface area contributed by atoms with Crippen LogP contribution in [0.5, 0.6) is 0 Å². The van der Waals surface area contributed by atoms with Crippen molar-refractivity contribution >= 4 is 40.9 Å². The highest BCUT2D eigenvalue weighted by Gasteiger charge is 2.35. The molecule has 2 N–H and O–H groups in total. The molecule has 0 unspecified atom stereocenters. The van der Waals surface area contributed by atoms with Crippen molar-refractivity contribution in [2.45, 2.75) is 46.6 Å². The lowest BCUT2D eigenvalue weighted by Crippen LogP contribution is -2.45. The van der Waals surface area contributed by atoms with Gasteiger partial charge < -0.3 is 15.5 Å². The summed E-state index contributed by atoms with van der Waals surface area (Å²) in [5, 5.41) is 5.14. The van der Waals surface area contributed by atoms with E-state index in [1.165, 1.54) is 24.3 Å². The fourth-order valence-electron chi connectivity index (χ4n) is 4.78. The van der Waals surface area contributed by atoms with Crippen LogP contribution in [0.15, 0.2) is 48.2 Å². The molecule has 4 rings (SSSR count). The van der Waals surface area contributed by atoms with Crippen LogP contribution in [0, 0.1) is 12.7 Å².